The minimum Gasteiger partial charge on any atom is -0.483 e. The first-order valence-electron chi connectivity index (χ1n) is 11.1. The summed E-state index contributed by atoms with van der Waals surface area (Å²) < 4.78 is 5.88. The van der Waals surface area contributed by atoms with Gasteiger partial charge in [-0.2, -0.15) is 0 Å². The standard InChI is InChI=1S/C26H36N2O3/c1-7-20(5)27-26(30)23(8-2)28(16-22-14-10-9-12-19(22)4)25(29)17-31-24-15-11-13-18(3)21(24)6/h9-15,20,23H,7-8,16-17H2,1-6H3,(H,27,30). The average molecular weight is 425 g/mol. The van der Waals surface area contributed by atoms with Crippen molar-refractivity contribution in [3.63, 3.8) is 0 Å². The number of nitrogens with one attached hydrogen (secondary N) is 1. The van der Waals surface area contributed by atoms with Gasteiger partial charge in [-0.15, -0.1) is 0 Å². The first-order chi connectivity index (χ1) is 14.8. The van der Waals surface area contributed by atoms with E-state index >= 15 is 0 Å². The molecule has 2 rings (SSSR count). The number of rotatable bonds is 10. The fourth-order valence-corrected chi connectivity index (χ4v) is 3.43. The van der Waals surface area contributed by atoms with Crippen LogP contribution in [-0.2, 0) is 16.1 Å². The van der Waals surface area contributed by atoms with Gasteiger partial charge in [-0.1, -0.05) is 50.2 Å². The molecule has 2 atom stereocenters. The highest BCUT2D eigenvalue weighted by Gasteiger charge is 2.29. The van der Waals surface area contributed by atoms with Crippen LogP contribution in [0.2, 0.25) is 0 Å². The normalized spacial score (nSPS) is 12.7. The van der Waals surface area contributed by atoms with Crippen LogP contribution >= 0.6 is 0 Å². The molecule has 0 aliphatic carbocycles. The smallest absolute Gasteiger partial charge is 0.261 e. The number of ether oxygens (including phenoxy) is 1. The molecular formula is C26H36N2O3. The van der Waals surface area contributed by atoms with Crippen molar-refractivity contribution in [2.75, 3.05) is 6.61 Å². The van der Waals surface area contributed by atoms with Gasteiger partial charge in [-0.3, -0.25) is 9.59 Å². The van der Waals surface area contributed by atoms with Gasteiger partial charge in [0.1, 0.15) is 11.8 Å². The van der Waals surface area contributed by atoms with Gasteiger partial charge >= 0.3 is 0 Å². The number of amides is 2. The Kier molecular flexibility index (Phi) is 9.10. The maximum atomic E-state index is 13.3. The maximum Gasteiger partial charge on any atom is 0.261 e. The molecule has 0 bridgehead atoms. The lowest BCUT2D eigenvalue weighted by atomic mass is 10.1. The van der Waals surface area contributed by atoms with E-state index in [0.717, 1.165) is 28.7 Å². The molecule has 0 fully saturated rings. The van der Waals surface area contributed by atoms with E-state index in [1.165, 1.54) is 0 Å². The van der Waals surface area contributed by atoms with Crippen LogP contribution in [0.5, 0.6) is 5.75 Å². The Morgan fingerprint density at radius 1 is 0.968 bits per heavy atom. The third kappa shape index (κ3) is 6.58. The van der Waals surface area contributed by atoms with Gasteiger partial charge in [-0.05, 0) is 68.9 Å². The highest BCUT2D eigenvalue weighted by atomic mass is 16.5. The third-order valence-corrected chi connectivity index (χ3v) is 5.89. The van der Waals surface area contributed by atoms with Crippen molar-refractivity contribution in [3.8, 4) is 5.75 Å². The van der Waals surface area contributed by atoms with Crippen LogP contribution in [0.3, 0.4) is 0 Å². The number of benzene rings is 2. The van der Waals surface area contributed by atoms with Crippen LogP contribution in [0.1, 0.15) is 55.9 Å². The van der Waals surface area contributed by atoms with Crippen molar-refractivity contribution in [2.45, 2.75) is 73.0 Å². The maximum absolute atomic E-state index is 13.3. The number of carbonyl (C=O) groups is 2. The van der Waals surface area contributed by atoms with E-state index in [2.05, 4.69) is 5.32 Å². The highest BCUT2D eigenvalue weighted by molar-refractivity contribution is 5.88. The summed E-state index contributed by atoms with van der Waals surface area (Å²) in [4.78, 5) is 28.0. The molecule has 0 heterocycles. The quantitative estimate of drug-likeness (QED) is 0.601. The van der Waals surface area contributed by atoms with Crippen LogP contribution in [0.15, 0.2) is 42.5 Å². The molecule has 2 unspecified atom stereocenters. The third-order valence-electron chi connectivity index (χ3n) is 5.89. The summed E-state index contributed by atoms with van der Waals surface area (Å²) in [7, 11) is 0. The molecule has 2 aromatic rings. The topological polar surface area (TPSA) is 58.6 Å². The van der Waals surface area contributed by atoms with Crippen LogP contribution in [0, 0.1) is 20.8 Å². The number of hydrogen-bond acceptors (Lipinski definition) is 3. The molecule has 0 saturated carbocycles. The zero-order chi connectivity index (χ0) is 23.0. The molecule has 5 nitrogen and oxygen atoms in total. The molecule has 0 radical (unpaired) electrons. The second-order valence-electron chi connectivity index (χ2n) is 8.18. The largest absolute Gasteiger partial charge is 0.483 e. The predicted octanol–water partition coefficient (Wildman–Crippen LogP) is 4.71. The van der Waals surface area contributed by atoms with Crippen LogP contribution in [0.25, 0.3) is 0 Å². The van der Waals surface area contributed by atoms with Crippen LogP contribution < -0.4 is 10.1 Å². The zero-order valence-corrected chi connectivity index (χ0v) is 19.7. The Bertz CT molecular complexity index is 894. The first-order valence-corrected chi connectivity index (χ1v) is 11.1. The number of carbonyl (C=O) groups excluding carboxylic acids is 2. The lowest BCUT2D eigenvalue weighted by Crippen LogP contribution is -2.51. The second kappa shape index (κ2) is 11.5. The van der Waals surface area contributed by atoms with Crippen molar-refractivity contribution >= 4 is 11.8 Å². The average Bonchev–Trinajstić information content (AvgIpc) is 2.75. The molecule has 2 amide bonds. The minimum atomic E-state index is -0.552. The SMILES string of the molecule is CCC(C)NC(=O)C(CC)N(Cc1ccccc1C)C(=O)COc1cccc(C)c1C. The molecule has 5 heteroatoms. The summed E-state index contributed by atoms with van der Waals surface area (Å²) in [5.41, 5.74) is 4.24. The Balaban J connectivity index is 2.26. The molecule has 31 heavy (non-hydrogen) atoms. The Labute approximate surface area is 186 Å². The Hall–Kier alpha value is -2.82. The van der Waals surface area contributed by atoms with E-state index in [1.54, 1.807) is 4.90 Å². The predicted molar refractivity (Wildman–Crippen MR) is 125 cm³/mol. The van der Waals surface area contributed by atoms with Gasteiger partial charge in [0.25, 0.3) is 5.91 Å². The van der Waals surface area contributed by atoms with Crippen molar-refractivity contribution in [1.29, 1.82) is 0 Å². The summed E-state index contributed by atoms with van der Waals surface area (Å²) in [6.07, 6.45) is 1.37. The van der Waals surface area contributed by atoms with Gasteiger partial charge in [0, 0.05) is 12.6 Å². The molecule has 0 saturated heterocycles. The molecule has 1 N–H and O–H groups in total. The molecule has 0 aromatic heterocycles. The van der Waals surface area contributed by atoms with Crippen molar-refractivity contribution in [3.05, 3.63) is 64.7 Å². The molecule has 2 aromatic carbocycles. The van der Waals surface area contributed by atoms with Crippen LogP contribution in [0.4, 0.5) is 0 Å². The summed E-state index contributed by atoms with van der Waals surface area (Å²) in [5.74, 6) is 0.377. The van der Waals surface area contributed by atoms with Gasteiger partial charge in [0.2, 0.25) is 5.91 Å². The van der Waals surface area contributed by atoms with E-state index in [0.29, 0.717) is 18.7 Å². The van der Waals surface area contributed by atoms with Gasteiger partial charge < -0.3 is 15.0 Å². The fourth-order valence-electron chi connectivity index (χ4n) is 3.43. The zero-order valence-electron chi connectivity index (χ0n) is 19.7. The summed E-state index contributed by atoms with van der Waals surface area (Å²) in [5, 5.41) is 3.03. The number of nitrogens with zero attached hydrogens (tertiary/aromatic N) is 1. The lowest BCUT2D eigenvalue weighted by Gasteiger charge is -2.32. The first kappa shape index (κ1) is 24.4. The van der Waals surface area contributed by atoms with Crippen molar-refractivity contribution in [1.82, 2.24) is 10.2 Å². The van der Waals surface area contributed by atoms with Crippen LogP contribution in [-0.4, -0.2) is 35.4 Å². The van der Waals surface area contributed by atoms with E-state index in [9.17, 15) is 9.59 Å². The fraction of sp³-hybridized carbons (Fsp3) is 0.462. The molecule has 168 valence electrons. The number of aryl methyl sites for hydroxylation is 2. The molecular weight excluding hydrogens is 388 g/mol. The Morgan fingerprint density at radius 2 is 1.65 bits per heavy atom. The molecule has 0 aliphatic heterocycles. The minimum absolute atomic E-state index is 0.0585. The van der Waals surface area contributed by atoms with Gasteiger partial charge in [-0.25, -0.2) is 0 Å². The number of hydrogen-bond donors (Lipinski definition) is 1. The summed E-state index contributed by atoms with van der Waals surface area (Å²) in [6, 6.07) is 13.3. The van der Waals surface area contributed by atoms with Gasteiger partial charge in [0.05, 0.1) is 0 Å². The highest BCUT2D eigenvalue weighted by Crippen LogP contribution is 2.21. The molecule has 0 aliphatic rings. The van der Waals surface area contributed by atoms with Crippen molar-refractivity contribution in [2.24, 2.45) is 0 Å². The van der Waals surface area contributed by atoms with Gasteiger partial charge in [0.15, 0.2) is 6.61 Å². The van der Waals surface area contributed by atoms with Crippen molar-refractivity contribution < 1.29 is 14.3 Å². The van der Waals surface area contributed by atoms with E-state index in [-0.39, 0.29) is 24.5 Å². The second-order valence-corrected chi connectivity index (χ2v) is 8.18. The summed E-state index contributed by atoms with van der Waals surface area (Å²) in [6.45, 7) is 12.2. The summed E-state index contributed by atoms with van der Waals surface area (Å²) >= 11 is 0. The van der Waals surface area contributed by atoms with E-state index in [4.69, 9.17) is 4.74 Å². The molecule has 0 spiro atoms. The van der Waals surface area contributed by atoms with E-state index in [1.807, 2.05) is 84.0 Å². The van der Waals surface area contributed by atoms with E-state index < -0.39 is 6.04 Å². The Morgan fingerprint density at radius 3 is 2.29 bits per heavy atom. The lowest BCUT2D eigenvalue weighted by molar-refractivity contribution is -0.143. The monoisotopic (exact) mass is 424 g/mol.